The van der Waals surface area contributed by atoms with Crippen LogP contribution in [0.5, 0.6) is 11.5 Å². The van der Waals surface area contributed by atoms with Gasteiger partial charge in [0.15, 0.2) is 17.9 Å². The number of hydrogen-bond donors (Lipinski definition) is 2. The minimum Gasteiger partial charge on any atom is -0.496 e. The summed E-state index contributed by atoms with van der Waals surface area (Å²) in [7, 11) is 2.90. The summed E-state index contributed by atoms with van der Waals surface area (Å²) in [5.41, 5.74) is 2.39. The number of nitrogens with zero attached hydrogens (tertiary/aromatic N) is 6. The number of pyridine rings is 1. The molecule has 312 valence electrons. The first-order valence-electron chi connectivity index (χ1n) is 19.1. The van der Waals surface area contributed by atoms with Crippen LogP contribution in [0, 0.1) is 5.92 Å². The minimum atomic E-state index is -3.11. The van der Waals surface area contributed by atoms with Gasteiger partial charge in [0.1, 0.15) is 22.6 Å². The van der Waals surface area contributed by atoms with E-state index in [9.17, 15) is 28.3 Å². The molecule has 3 aromatic carbocycles. The second-order valence-electron chi connectivity index (χ2n) is 15.3. The molecule has 2 N–H and O–H groups in total. The summed E-state index contributed by atoms with van der Waals surface area (Å²) in [5, 5.41) is 18.2. The Bertz CT molecular complexity index is 2580. The first-order valence-corrected chi connectivity index (χ1v) is 19.5. The number of hydrogen-bond acceptors (Lipinski definition) is 11. The highest BCUT2D eigenvalue weighted by Gasteiger charge is 2.32. The van der Waals surface area contributed by atoms with Crippen molar-refractivity contribution >= 4 is 63.4 Å². The highest BCUT2D eigenvalue weighted by atomic mass is 35.5. The quantitative estimate of drug-likeness (QED) is 0.112. The van der Waals surface area contributed by atoms with Gasteiger partial charge >= 0.3 is 12.1 Å². The van der Waals surface area contributed by atoms with Crippen molar-refractivity contribution in [2.24, 2.45) is 5.92 Å². The van der Waals surface area contributed by atoms with Crippen molar-refractivity contribution in [3.8, 4) is 28.3 Å². The summed E-state index contributed by atoms with van der Waals surface area (Å²) in [6, 6.07) is 15.5. The molecule has 0 bridgehead atoms. The van der Waals surface area contributed by atoms with E-state index < -0.39 is 29.9 Å². The number of amides is 1. The standard InChI is InChI=1S/C43H42ClF2N7O7/c1-43(2,3)60-42(57)52(40-37-31(50-39(51-40)38(45)46)16-23(20-48-37)19-47-25-14-12-24(13-15-25)41(55)56)33-11-7-9-28(36(33)44)27-8-6-10-32-29(27)21-49-53(32)26-17-34(58-4)30(22-54)35(18-26)59-5/h6-11,16-18,20-22,24-25,38,47H,12-15,19H2,1-5H3,(H,55,56). The largest absolute Gasteiger partial charge is 0.496 e. The Labute approximate surface area is 348 Å². The topological polar surface area (TPSA) is 171 Å². The van der Waals surface area contributed by atoms with Gasteiger partial charge in [-0.2, -0.15) is 5.10 Å². The van der Waals surface area contributed by atoms with Crippen molar-refractivity contribution in [3.63, 3.8) is 0 Å². The van der Waals surface area contributed by atoms with E-state index >= 15 is 0 Å². The molecule has 0 atom stereocenters. The van der Waals surface area contributed by atoms with E-state index in [2.05, 4.69) is 25.4 Å². The number of aromatic nitrogens is 5. The van der Waals surface area contributed by atoms with E-state index in [1.807, 2.05) is 18.2 Å². The molecule has 0 aliphatic heterocycles. The number of anilines is 2. The fourth-order valence-electron chi connectivity index (χ4n) is 7.38. The molecular weight excluding hydrogens is 800 g/mol. The molecular formula is C43H42ClF2N7O7. The number of nitrogens with one attached hydrogen (secondary N) is 1. The molecule has 1 fully saturated rings. The molecule has 0 unspecified atom stereocenters. The summed E-state index contributed by atoms with van der Waals surface area (Å²) in [5.74, 6) is -1.66. The summed E-state index contributed by atoms with van der Waals surface area (Å²) in [6.07, 6.45) is 2.28. The van der Waals surface area contributed by atoms with Gasteiger partial charge in [0, 0.05) is 41.9 Å². The maximum atomic E-state index is 14.6. The average Bonchev–Trinajstić information content (AvgIpc) is 3.67. The fourth-order valence-corrected chi connectivity index (χ4v) is 7.69. The van der Waals surface area contributed by atoms with Crippen LogP contribution in [0.2, 0.25) is 5.02 Å². The number of rotatable bonds is 12. The van der Waals surface area contributed by atoms with Gasteiger partial charge in [0.05, 0.1) is 59.3 Å². The van der Waals surface area contributed by atoms with E-state index in [1.165, 1.54) is 14.2 Å². The highest BCUT2D eigenvalue weighted by Crippen LogP contribution is 2.43. The first-order chi connectivity index (χ1) is 28.7. The zero-order chi connectivity index (χ0) is 42.9. The Morgan fingerprint density at radius 3 is 2.32 bits per heavy atom. The highest BCUT2D eigenvalue weighted by molar-refractivity contribution is 6.37. The molecule has 6 aromatic rings. The van der Waals surface area contributed by atoms with Gasteiger partial charge in [-0.3, -0.25) is 14.6 Å². The lowest BCUT2D eigenvalue weighted by Gasteiger charge is -2.28. The van der Waals surface area contributed by atoms with Crippen molar-refractivity contribution in [1.29, 1.82) is 0 Å². The Hall–Kier alpha value is -6.26. The van der Waals surface area contributed by atoms with Crippen LogP contribution in [0.3, 0.4) is 0 Å². The zero-order valence-corrected chi connectivity index (χ0v) is 34.2. The number of halogens is 3. The third-order valence-corrected chi connectivity index (χ3v) is 10.7. The van der Waals surface area contributed by atoms with E-state index in [0.29, 0.717) is 83.3 Å². The Morgan fingerprint density at radius 1 is 1.00 bits per heavy atom. The lowest BCUT2D eigenvalue weighted by atomic mass is 9.86. The molecule has 1 aliphatic rings. The van der Waals surface area contributed by atoms with E-state index in [0.717, 1.165) is 4.90 Å². The molecule has 1 aliphatic carbocycles. The maximum Gasteiger partial charge on any atom is 0.420 e. The zero-order valence-electron chi connectivity index (χ0n) is 33.4. The molecule has 0 radical (unpaired) electrons. The Morgan fingerprint density at radius 2 is 1.68 bits per heavy atom. The van der Waals surface area contributed by atoms with Gasteiger partial charge in [0.2, 0.25) is 0 Å². The third kappa shape index (κ3) is 8.43. The van der Waals surface area contributed by atoms with E-state index in [-0.39, 0.29) is 45.1 Å². The average molecular weight is 842 g/mol. The van der Waals surface area contributed by atoms with Gasteiger partial charge in [-0.15, -0.1) is 0 Å². The Kier molecular flexibility index (Phi) is 12.0. The maximum absolute atomic E-state index is 14.6. The van der Waals surface area contributed by atoms with Crippen molar-refractivity contribution in [3.05, 3.63) is 89.0 Å². The molecule has 17 heteroatoms. The van der Waals surface area contributed by atoms with Crippen LogP contribution in [0.25, 0.3) is 38.8 Å². The van der Waals surface area contributed by atoms with E-state index in [1.54, 1.807) is 74.2 Å². The van der Waals surface area contributed by atoms with E-state index in [4.69, 9.17) is 25.8 Å². The van der Waals surface area contributed by atoms with Gasteiger partial charge in [-0.1, -0.05) is 35.9 Å². The normalized spacial score (nSPS) is 15.6. The summed E-state index contributed by atoms with van der Waals surface area (Å²) in [4.78, 5) is 51.5. The van der Waals surface area contributed by atoms with Crippen LogP contribution in [0.1, 0.15) is 74.6 Å². The fraction of sp³-hybridized carbons (Fsp3) is 0.326. The van der Waals surface area contributed by atoms with Crippen LogP contribution >= 0.6 is 11.6 Å². The molecule has 0 saturated heterocycles. The molecule has 1 amide bonds. The minimum absolute atomic E-state index is 0.0484. The summed E-state index contributed by atoms with van der Waals surface area (Å²) >= 11 is 7.26. The molecule has 3 heterocycles. The first kappa shape index (κ1) is 41.9. The van der Waals surface area contributed by atoms with Gasteiger partial charge in [-0.05, 0) is 75.8 Å². The van der Waals surface area contributed by atoms with Crippen molar-refractivity contribution in [2.45, 2.75) is 71.1 Å². The smallest absolute Gasteiger partial charge is 0.420 e. The van der Waals surface area contributed by atoms with Crippen LogP contribution in [0.15, 0.2) is 67.0 Å². The number of carboxylic acid groups (broad SMARTS) is 1. The summed E-state index contributed by atoms with van der Waals surface area (Å²) in [6.45, 7) is 5.34. The Balaban J connectivity index is 1.31. The molecule has 14 nitrogen and oxygen atoms in total. The number of methoxy groups -OCH3 is 2. The number of aldehydes is 1. The monoisotopic (exact) mass is 841 g/mol. The van der Waals surface area contributed by atoms with Crippen LogP contribution in [-0.2, 0) is 16.1 Å². The number of ether oxygens (including phenoxy) is 3. The van der Waals surface area contributed by atoms with Crippen LogP contribution in [0.4, 0.5) is 25.1 Å². The molecule has 7 rings (SSSR count). The molecule has 60 heavy (non-hydrogen) atoms. The number of benzene rings is 3. The number of carbonyl (C=O) groups excluding carboxylic acids is 2. The third-order valence-electron chi connectivity index (χ3n) is 10.3. The van der Waals surface area contributed by atoms with Crippen molar-refractivity contribution in [2.75, 3.05) is 19.1 Å². The number of aliphatic carboxylic acids is 1. The van der Waals surface area contributed by atoms with Gasteiger partial charge in [-0.25, -0.2) is 33.1 Å². The van der Waals surface area contributed by atoms with Gasteiger partial charge < -0.3 is 24.6 Å². The van der Waals surface area contributed by atoms with Gasteiger partial charge in [0.25, 0.3) is 6.43 Å². The molecule has 3 aromatic heterocycles. The number of carboxylic acids is 1. The predicted molar refractivity (Wildman–Crippen MR) is 221 cm³/mol. The van der Waals surface area contributed by atoms with Crippen LogP contribution < -0.4 is 19.7 Å². The lowest BCUT2D eigenvalue weighted by molar-refractivity contribution is -0.142. The van der Waals surface area contributed by atoms with Crippen LogP contribution in [-0.4, -0.2) is 74.1 Å². The summed E-state index contributed by atoms with van der Waals surface area (Å²) < 4.78 is 47.5. The lowest BCUT2D eigenvalue weighted by Crippen LogP contribution is -2.35. The van der Waals surface area contributed by atoms with Crippen molar-refractivity contribution < 1.29 is 42.5 Å². The second kappa shape index (κ2) is 17.1. The number of alkyl halides is 2. The SMILES string of the molecule is COc1cc(-n2ncc3c(-c4cccc(N(C(=O)OC(C)(C)C)c5nc(C(F)F)nc6cc(CNC7CCC(C(=O)O)CC7)cnc56)c4Cl)cccc32)cc(OC)c1C=O. The molecule has 0 spiro atoms. The van der Waals surface area contributed by atoms with Crippen molar-refractivity contribution in [1.82, 2.24) is 30.0 Å². The number of carbonyl (C=O) groups is 3. The molecule has 1 saturated carbocycles. The second-order valence-corrected chi connectivity index (χ2v) is 15.7. The predicted octanol–water partition coefficient (Wildman–Crippen LogP) is 9.26. The number of fused-ring (bicyclic) bond motifs is 2.